The van der Waals surface area contributed by atoms with Crippen molar-refractivity contribution in [3.05, 3.63) is 47.3 Å². The van der Waals surface area contributed by atoms with E-state index in [0.29, 0.717) is 18.2 Å². The van der Waals surface area contributed by atoms with Crippen molar-refractivity contribution in [3.8, 4) is 11.5 Å². The van der Waals surface area contributed by atoms with Crippen molar-refractivity contribution in [2.24, 2.45) is 0 Å². The zero-order chi connectivity index (χ0) is 10.7. The summed E-state index contributed by atoms with van der Waals surface area (Å²) < 4.78 is 6.44. The van der Waals surface area contributed by atoms with E-state index in [9.17, 15) is 0 Å². The number of halogens is 1. The molecule has 0 aliphatic rings. The third-order valence-electron chi connectivity index (χ3n) is 1.86. The SMILES string of the molecule is C=CCc1nnc(-c2cccc(Br)c2)o1. The summed E-state index contributed by atoms with van der Waals surface area (Å²) in [5.74, 6) is 1.12. The predicted molar refractivity (Wildman–Crippen MR) is 61.3 cm³/mol. The summed E-state index contributed by atoms with van der Waals surface area (Å²) in [5, 5.41) is 7.87. The van der Waals surface area contributed by atoms with Gasteiger partial charge in [-0.05, 0) is 18.2 Å². The fourth-order valence-electron chi connectivity index (χ4n) is 1.20. The lowest BCUT2D eigenvalue weighted by Gasteiger charge is -1.94. The molecular formula is C11H9BrN2O. The van der Waals surface area contributed by atoms with Crippen molar-refractivity contribution in [1.29, 1.82) is 0 Å². The molecule has 0 aliphatic heterocycles. The largest absolute Gasteiger partial charge is 0.420 e. The van der Waals surface area contributed by atoms with Gasteiger partial charge in [0.05, 0.1) is 0 Å². The average molecular weight is 265 g/mol. The monoisotopic (exact) mass is 264 g/mol. The highest BCUT2D eigenvalue weighted by Crippen LogP contribution is 2.21. The van der Waals surface area contributed by atoms with Crippen LogP contribution in [0.4, 0.5) is 0 Å². The van der Waals surface area contributed by atoms with Crippen LogP contribution in [-0.2, 0) is 6.42 Å². The molecule has 1 heterocycles. The Balaban J connectivity index is 2.32. The number of hydrogen-bond donors (Lipinski definition) is 0. The summed E-state index contributed by atoms with van der Waals surface area (Å²) in [6.07, 6.45) is 2.33. The number of nitrogens with zero attached hydrogens (tertiary/aromatic N) is 2. The molecule has 4 heteroatoms. The van der Waals surface area contributed by atoms with Gasteiger partial charge in [-0.2, -0.15) is 0 Å². The second-order valence-electron chi connectivity index (χ2n) is 3.00. The van der Waals surface area contributed by atoms with Gasteiger partial charge in [0.15, 0.2) is 0 Å². The molecule has 0 fully saturated rings. The molecule has 76 valence electrons. The Labute approximate surface area is 96.0 Å². The van der Waals surface area contributed by atoms with Crippen LogP contribution in [-0.4, -0.2) is 10.2 Å². The minimum Gasteiger partial charge on any atom is -0.420 e. The first-order valence-corrected chi connectivity index (χ1v) is 5.28. The van der Waals surface area contributed by atoms with Crippen molar-refractivity contribution in [2.45, 2.75) is 6.42 Å². The summed E-state index contributed by atoms with van der Waals surface area (Å²) in [4.78, 5) is 0. The van der Waals surface area contributed by atoms with Crippen molar-refractivity contribution >= 4 is 15.9 Å². The van der Waals surface area contributed by atoms with Crippen LogP contribution in [0, 0.1) is 0 Å². The lowest BCUT2D eigenvalue weighted by molar-refractivity contribution is 0.520. The van der Waals surface area contributed by atoms with Crippen LogP contribution in [0.2, 0.25) is 0 Å². The van der Waals surface area contributed by atoms with Crippen LogP contribution >= 0.6 is 15.9 Å². The van der Waals surface area contributed by atoms with Crippen LogP contribution in [0.3, 0.4) is 0 Å². The predicted octanol–water partition coefficient (Wildman–Crippen LogP) is 3.23. The standard InChI is InChI=1S/C11H9BrN2O/c1-2-4-10-13-14-11(15-10)8-5-3-6-9(12)7-8/h2-3,5-7H,1,4H2. The van der Waals surface area contributed by atoms with Gasteiger partial charge >= 0.3 is 0 Å². The number of allylic oxidation sites excluding steroid dienone is 1. The molecule has 0 N–H and O–H groups in total. The maximum absolute atomic E-state index is 5.45. The van der Waals surface area contributed by atoms with Crippen molar-refractivity contribution in [3.63, 3.8) is 0 Å². The van der Waals surface area contributed by atoms with Crippen molar-refractivity contribution in [1.82, 2.24) is 10.2 Å². The second kappa shape index (κ2) is 4.40. The molecule has 2 aromatic rings. The minimum atomic E-state index is 0.535. The van der Waals surface area contributed by atoms with Gasteiger partial charge in [0.25, 0.3) is 0 Å². The van der Waals surface area contributed by atoms with Crippen LogP contribution < -0.4 is 0 Å². The van der Waals surface area contributed by atoms with Crippen molar-refractivity contribution in [2.75, 3.05) is 0 Å². The summed E-state index contributed by atoms with van der Waals surface area (Å²) >= 11 is 3.39. The number of hydrogen-bond acceptors (Lipinski definition) is 3. The summed E-state index contributed by atoms with van der Waals surface area (Å²) in [5.41, 5.74) is 0.909. The molecule has 0 unspecified atom stereocenters. The molecule has 0 radical (unpaired) electrons. The highest BCUT2D eigenvalue weighted by atomic mass is 79.9. The van der Waals surface area contributed by atoms with E-state index in [1.165, 1.54) is 0 Å². The highest BCUT2D eigenvalue weighted by Gasteiger charge is 2.07. The maximum atomic E-state index is 5.45. The second-order valence-corrected chi connectivity index (χ2v) is 3.92. The maximum Gasteiger partial charge on any atom is 0.247 e. The Morgan fingerprint density at radius 3 is 3.00 bits per heavy atom. The number of aromatic nitrogens is 2. The summed E-state index contributed by atoms with van der Waals surface area (Å²) in [7, 11) is 0. The van der Waals surface area contributed by atoms with Gasteiger partial charge in [-0.15, -0.1) is 16.8 Å². The van der Waals surface area contributed by atoms with E-state index in [1.54, 1.807) is 6.08 Å². The summed E-state index contributed by atoms with van der Waals surface area (Å²) in [6, 6.07) is 7.74. The van der Waals surface area contributed by atoms with E-state index in [1.807, 2.05) is 24.3 Å². The lowest BCUT2D eigenvalue weighted by atomic mass is 10.2. The van der Waals surface area contributed by atoms with Crippen LogP contribution in [0.5, 0.6) is 0 Å². The Bertz CT molecular complexity index is 479. The highest BCUT2D eigenvalue weighted by molar-refractivity contribution is 9.10. The Morgan fingerprint density at radius 2 is 2.27 bits per heavy atom. The molecular weight excluding hydrogens is 256 g/mol. The number of rotatable bonds is 3. The molecule has 3 nitrogen and oxygen atoms in total. The topological polar surface area (TPSA) is 38.9 Å². The van der Waals surface area contributed by atoms with E-state index in [4.69, 9.17) is 4.42 Å². The first-order chi connectivity index (χ1) is 7.29. The van der Waals surface area contributed by atoms with Gasteiger partial charge in [0.2, 0.25) is 11.8 Å². The van der Waals surface area contributed by atoms with E-state index in [-0.39, 0.29) is 0 Å². The van der Waals surface area contributed by atoms with E-state index >= 15 is 0 Å². The zero-order valence-electron chi connectivity index (χ0n) is 7.98. The molecule has 0 aliphatic carbocycles. The molecule has 0 atom stereocenters. The van der Waals surface area contributed by atoms with Gasteiger partial charge in [-0.25, -0.2) is 0 Å². The van der Waals surface area contributed by atoms with Crippen LogP contribution in [0.1, 0.15) is 5.89 Å². The minimum absolute atomic E-state index is 0.535. The van der Waals surface area contributed by atoms with Gasteiger partial charge < -0.3 is 4.42 Å². The fraction of sp³-hybridized carbons (Fsp3) is 0.0909. The molecule has 0 amide bonds. The number of benzene rings is 1. The molecule has 0 saturated heterocycles. The molecule has 0 bridgehead atoms. The lowest BCUT2D eigenvalue weighted by Crippen LogP contribution is -1.78. The van der Waals surface area contributed by atoms with Gasteiger partial charge in [-0.3, -0.25) is 0 Å². The third kappa shape index (κ3) is 2.33. The molecule has 0 saturated carbocycles. The molecule has 0 spiro atoms. The molecule has 2 rings (SSSR count). The van der Waals surface area contributed by atoms with E-state index in [0.717, 1.165) is 10.0 Å². The Kier molecular flexibility index (Phi) is 2.97. The molecule has 15 heavy (non-hydrogen) atoms. The first kappa shape index (κ1) is 10.1. The van der Waals surface area contributed by atoms with Gasteiger partial charge in [-0.1, -0.05) is 28.1 Å². The fourth-order valence-corrected chi connectivity index (χ4v) is 1.60. The van der Waals surface area contributed by atoms with Crippen LogP contribution in [0.25, 0.3) is 11.5 Å². The normalized spacial score (nSPS) is 10.2. The summed E-state index contributed by atoms with van der Waals surface area (Å²) in [6.45, 7) is 3.62. The Hall–Kier alpha value is -1.42. The zero-order valence-corrected chi connectivity index (χ0v) is 9.57. The van der Waals surface area contributed by atoms with Gasteiger partial charge in [0.1, 0.15) is 0 Å². The average Bonchev–Trinajstić information content (AvgIpc) is 2.67. The Morgan fingerprint density at radius 1 is 1.40 bits per heavy atom. The smallest absolute Gasteiger partial charge is 0.247 e. The quantitative estimate of drug-likeness (QED) is 0.800. The van der Waals surface area contributed by atoms with Crippen molar-refractivity contribution < 1.29 is 4.42 Å². The van der Waals surface area contributed by atoms with E-state index in [2.05, 4.69) is 32.7 Å². The van der Waals surface area contributed by atoms with Gasteiger partial charge in [0, 0.05) is 16.5 Å². The van der Waals surface area contributed by atoms with Crippen LogP contribution in [0.15, 0.2) is 45.8 Å². The first-order valence-electron chi connectivity index (χ1n) is 4.49. The molecule has 1 aromatic carbocycles. The van der Waals surface area contributed by atoms with E-state index < -0.39 is 0 Å². The third-order valence-corrected chi connectivity index (χ3v) is 2.35. The molecule has 1 aromatic heterocycles.